The minimum atomic E-state index is -0.968. The molecule has 1 atom stereocenters. The number of carbonyl (C=O) groups is 2. The fraction of sp³-hybridized carbons (Fsp3) is 0.241. The predicted octanol–water partition coefficient (Wildman–Crippen LogP) is 6.21. The van der Waals surface area contributed by atoms with Crippen LogP contribution in [0.4, 0.5) is 8.78 Å². The molecule has 1 heterocycles. The van der Waals surface area contributed by atoms with Crippen LogP contribution in [-0.4, -0.2) is 21.6 Å². The molecule has 0 bridgehead atoms. The van der Waals surface area contributed by atoms with Gasteiger partial charge in [-0.3, -0.25) is 9.59 Å². The second-order valence-electron chi connectivity index (χ2n) is 9.25. The van der Waals surface area contributed by atoms with Crippen LogP contribution in [0.5, 0.6) is 0 Å². The first-order valence-corrected chi connectivity index (χ1v) is 11.8. The van der Waals surface area contributed by atoms with E-state index in [-0.39, 0.29) is 18.4 Å². The number of carboxylic acid groups (broad SMARTS) is 1. The van der Waals surface area contributed by atoms with E-state index in [0.29, 0.717) is 28.6 Å². The van der Waals surface area contributed by atoms with Crippen molar-refractivity contribution in [3.63, 3.8) is 0 Å². The number of fused-ring (bicyclic) bond motifs is 1. The molecular formula is C29H28F2N2O3. The van der Waals surface area contributed by atoms with Gasteiger partial charge in [-0.05, 0) is 47.7 Å². The summed E-state index contributed by atoms with van der Waals surface area (Å²) in [6.07, 6.45) is 0. The van der Waals surface area contributed by atoms with Crippen LogP contribution in [0.1, 0.15) is 65.3 Å². The van der Waals surface area contributed by atoms with Gasteiger partial charge in [0.1, 0.15) is 0 Å². The van der Waals surface area contributed by atoms with Crippen LogP contribution >= 0.6 is 0 Å². The van der Waals surface area contributed by atoms with Gasteiger partial charge in [0, 0.05) is 29.7 Å². The molecule has 1 aromatic heterocycles. The topological polar surface area (TPSA) is 71.3 Å². The zero-order chi connectivity index (χ0) is 26.0. The van der Waals surface area contributed by atoms with E-state index >= 15 is 0 Å². The fourth-order valence-electron chi connectivity index (χ4n) is 4.49. The standard InChI is InChI=1S/C29H28F2N2O3/c1-17(2)27-26(28(34)32-15-20-9-12-23(30)24(31)13-20)22-11-10-21(18(3)29(35)36)14-25(22)33(27)16-19-7-5-4-6-8-19/h4-14,17-18H,15-16H2,1-3H3,(H,32,34)(H,35,36). The van der Waals surface area contributed by atoms with Crippen molar-refractivity contribution >= 4 is 22.8 Å². The highest BCUT2D eigenvalue weighted by molar-refractivity contribution is 6.09. The molecule has 7 heteroatoms. The lowest BCUT2D eigenvalue weighted by atomic mass is 9.98. The van der Waals surface area contributed by atoms with Crippen molar-refractivity contribution < 1.29 is 23.5 Å². The maximum Gasteiger partial charge on any atom is 0.310 e. The van der Waals surface area contributed by atoms with E-state index in [0.717, 1.165) is 28.9 Å². The number of nitrogens with zero attached hydrogens (tertiary/aromatic N) is 1. The van der Waals surface area contributed by atoms with E-state index in [9.17, 15) is 23.5 Å². The summed E-state index contributed by atoms with van der Waals surface area (Å²) in [6, 6.07) is 18.7. The van der Waals surface area contributed by atoms with Gasteiger partial charge >= 0.3 is 5.97 Å². The zero-order valence-electron chi connectivity index (χ0n) is 20.4. The normalized spacial score (nSPS) is 12.2. The lowest BCUT2D eigenvalue weighted by molar-refractivity contribution is -0.138. The Labute approximate surface area is 208 Å². The molecule has 0 saturated heterocycles. The quantitative estimate of drug-likeness (QED) is 0.309. The molecule has 36 heavy (non-hydrogen) atoms. The minimum Gasteiger partial charge on any atom is -0.481 e. The molecular weight excluding hydrogens is 462 g/mol. The Hall–Kier alpha value is -4.00. The Morgan fingerprint density at radius 1 is 0.917 bits per heavy atom. The van der Waals surface area contributed by atoms with Gasteiger partial charge in [0.15, 0.2) is 11.6 Å². The first kappa shape index (κ1) is 25.1. The highest BCUT2D eigenvalue weighted by Gasteiger charge is 2.26. The van der Waals surface area contributed by atoms with Gasteiger partial charge in [-0.15, -0.1) is 0 Å². The van der Waals surface area contributed by atoms with E-state index in [1.165, 1.54) is 6.07 Å². The van der Waals surface area contributed by atoms with E-state index < -0.39 is 23.5 Å². The molecule has 1 amide bonds. The highest BCUT2D eigenvalue weighted by atomic mass is 19.2. The summed E-state index contributed by atoms with van der Waals surface area (Å²) in [5.74, 6) is -3.90. The predicted molar refractivity (Wildman–Crippen MR) is 135 cm³/mol. The van der Waals surface area contributed by atoms with Gasteiger partial charge in [-0.25, -0.2) is 8.78 Å². The Morgan fingerprint density at radius 2 is 1.64 bits per heavy atom. The maximum absolute atomic E-state index is 13.6. The van der Waals surface area contributed by atoms with Crippen LogP contribution in [0, 0.1) is 11.6 Å². The maximum atomic E-state index is 13.6. The third-order valence-corrected chi connectivity index (χ3v) is 6.39. The van der Waals surface area contributed by atoms with E-state index in [2.05, 4.69) is 9.88 Å². The van der Waals surface area contributed by atoms with Crippen LogP contribution in [0.15, 0.2) is 66.7 Å². The summed E-state index contributed by atoms with van der Waals surface area (Å²) < 4.78 is 29.0. The average molecular weight is 491 g/mol. The number of carboxylic acids is 1. The molecule has 4 rings (SSSR count). The third kappa shape index (κ3) is 5.00. The van der Waals surface area contributed by atoms with Crippen molar-refractivity contribution in [1.29, 1.82) is 0 Å². The number of hydrogen-bond donors (Lipinski definition) is 2. The smallest absolute Gasteiger partial charge is 0.310 e. The number of aromatic nitrogens is 1. The van der Waals surface area contributed by atoms with E-state index in [1.807, 2.05) is 50.2 Å². The molecule has 0 aliphatic heterocycles. The number of aliphatic carboxylic acids is 1. The molecule has 0 fully saturated rings. The number of hydrogen-bond acceptors (Lipinski definition) is 2. The highest BCUT2D eigenvalue weighted by Crippen LogP contribution is 2.34. The first-order chi connectivity index (χ1) is 17.2. The average Bonchev–Trinajstić information content (AvgIpc) is 3.18. The lowest BCUT2D eigenvalue weighted by Gasteiger charge is -2.16. The first-order valence-electron chi connectivity index (χ1n) is 11.8. The Morgan fingerprint density at radius 3 is 2.28 bits per heavy atom. The molecule has 0 spiro atoms. The van der Waals surface area contributed by atoms with Crippen LogP contribution in [0.2, 0.25) is 0 Å². The molecule has 5 nitrogen and oxygen atoms in total. The summed E-state index contributed by atoms with van der Waals surface area (Å²) in [6.45, 7) is 6.18. The molecule has 0 aliphatic carbocycles. The molecule has 3 aromatic carbocycles. The van der Waals surface area contributed by atoms with Gasteiger partial charge in [-0.1, -0.05) is 62.4 Å². The fourth-order valence-corrected chi connectivity index (χ4v) is 4.49. The lowest BCUT2D eigenvalue weighted by Crippen LogP contribution is -2.24. The Balaban J connectivity index is 1.82. The van der Waals surface area contributed by atoms with Gasteiger partial charge in [0.05, 0.1) is 11.5 Å². The summed E-state index contributed by atoms with van der Waals surface area (Å²) in [5, 5.41) is 13.1. The van der Waals surface area contributed by atoms with Crippen molar-refractivity contribution in [1.82, 2.24) is 9.88 Å². The largest absolute Gasteiger partial charge is 0.481 e. The number of amides is 1. The number of benzene rings is 3. The van der Waals surface area contributed by atoms with Crippen LogP contribution in [0.25, 0.3) is 10.9 Å². The van der Waals surface area contributed by atoms with Gasteiger partial charge in [0.25, 0.3) is 5.91 Å². The van der Waals surface area contributed by atoms with Crippen LogP contribution < -0.4 is 5.32 Å². The van der Waals surface area contributed by atoms with Crippen LogP contribution in [-0.2, 0) is 17.9 Å². The summed E-state index contributed by atoms with van der Waals surface area (Å²) >= 11 is 0. The monoisotopic (exact) mass is 490 g/mol. The zero-order valence-corrected chi connectivity index (χ0v) is 20.4. The number of carbonyl (C=O) groups excluding carboxylic acids is 1. The molecule has 0 radical (unpaired) electrons. The number of rotatable bonds is 8. The summed E-state index contributed by atoms with van der Waals surface area (Å²) in [7, 11) is 0. The van der Waals surface area contributed by atoms with Crippen molar-refractivity contribution in [2.24, 2.45) is 0 Å². The van der Waals surface area contributed by atoms with Crippen molar-refractivity contribution in [3.05, 3.63) is 106 Å². The summed E-state index contributed by atoms with van der Waals surface area (Å²) in [5.41, 5.74) is 4.21. The second kappa shape index (κ2) is 10.3. The molecule has 0 saturated carbocycles. The van der Waals surface area contributed by atoms with Gasteiger partial charge in [-0.2, -0.15) is 0 Å². The van der Waals surface area contributed by atoms with Gasteiger partial charge < -0.3 is 15.0 Å². The number of halogens is 2. The molecule has 2 N–H and O–H groups in total. The molecule has 1 unspecified atom stereocenters. The Bertz CT molecular complexity index is 1430. The van der Waals surface area contributed by atoms with Crippen molar-refractivity contribution in [2.45, 2.75) is 45.7 Å². The second-order valence-corrected chi connectivity index (χ2v) is 9.25. The van der Waals surface area contributed by atoms with E-state index in [1.54, 1.807) is 19.1 Å². The summed E-state index contributed by atoms with van der Waals surface area (Å²) in [4.78, 5) is 25.2. The van der Waals surface area contributed by atoms with Crippen molar-refractivity contribution in [3.8, 4) is 0 Å². The molecule has 0 aliphatic rings. The van der Waals surface area contributed by atoms with Crippen molar-refractivity contribution in [2.75, 3.05) is 0 Å². The van der Waals surface area contributed by atoms with E-state index in [4.69, 9.17) is 0 Å². The third-order valence-electron chi connectivity index (χ3n) is 6.39. The Kier molecular flexibility index (Phi) is 7.20. The number of nitrogens with one attached hydrogen (secondary N) is 1. The van der Waals surface area contributed by atoms with Gasteiger partial charge in [0.2, 0.25) is 0 Å². The minimum absolute atomic E-state index is 0.0227. The molecule has 186 valence electrons. The SMILES string of the molecule is CC(C)c1c(C(=O)NCc2ccc(F)c(F)c2)c2ccc(C(C)C(=O)O)cc2n1Cc1ccccc1. The molecule has 4 aromatic rings. The van der Waals surface area contributed by atoms with Crippen LogP contribution in [0.3, 0.4) is 0 Å².